The first-order valence-electron chi connectivity index (χ1n) is 8.51. The lowest BCUT2D eigenvalue weighted by Gasteiger charge is -2.36. The molecule has 6 heteroatoms. The monoisotopic (exact) mass is 327 g/mol. The molecular weight excluding hydrogens is 302 g/mol. The second-order valence-corrected chi connectivity index (χ2v) is 7.02. The second kappa shape index (κ2) is 7.03. The van der Waals surface area contributed by atoms with Crippen LogP contribution in [0.3, 0.4) is 0 Å². The van der Waals surface area contributed by atoms with Gasteiger partial charge in [0, 0.05) is 42.7 Å². The Labute approximate surface area is 142 Å². The normalized spacial score (nSPS) is 18.4. The largest absolute Gasteiger partial charge is 0.337 e. The molecule has 2 amide bonds. The molecule has 2 N–H and O–H groups in total. The highest BCUT2D eigenvalue weighted by Crippen LogP contribution is 2.30. The number of rotatable bonds is 4. The molecule has 0 radical (unpaired) electrons. The van der Waals surface area contributed by atoms with Crippen molar-refractivity contribution in [3.8, 4) is 0 Å². The Bertz CT molecular complexity index is 653. The molecule has 1 unspecified atom stereocenters. The Balaban J connectivity index is 1.65. The number of aromatic amines is 1. The van der Waals surface area contributed by atoms with Crippen molar-refractivity contribution < 1.29 is 4.79 Å². The summed E-state index contributed by atoms with van der Waals surface area (Å²) in [6, 6.07) is 4.12. The third-order valence-electron chi connectivity index (χ3n) is 4.81. The van der Waals surface area contributed by atoms with E-state index < -0.39 is 0 Å². The molecule has 24 heavy (non-hydrogen) atoms. The minimum atomic E-state index is -0.139. The van der Waals surface area contributed by atoms with Crippen molar-refractivity contribution in [2.45, 2.75) is 44.6 Å². The van der Waals surface area contributed by atoms with E-state index >= 15 is 0 Å². The molecule has 2 aromatic rings. The van der Waals surface area contributed by atoms with Crippen molar-refractivity contribution in [2.24, 2.45) is 0 Å². The number of aromatic nitrogens is 3. The van der Waals surface area contributed by atoms with Crippen LogP contribution in [0.2, 0.25) is 0 Å². The van der Waals surface area contributed by atoms with Crippen LogP contribution in [-0.4, -0.2) is 39.2 Å². The second-order valence-electron chi connectivity index (χ2n) is 7.02. The van der Waals surface area contributed by atoms with E-state index in [9.17, 15) is 4.79 Å². The number of carbonyl (C=O) groups excluding carboxylic acids is 1. The van der Waals surface area contributed by atoms with Crippen molar-refractivity contribution in [3.63, 3.8) is 0 Å². The van der Waals surface area contributed by atoms with Gasteiger partial charge in [-0.1, -0.05) is 13.8 Å². The predicted molar refractivity (Wildman–Crippen MR) is 92.5 cm³/mol. The summed E-state index contributed by atoms with van der Waals surface area (Å²) in [5.74, 6) is 0. The number of urea groups is 1. The van der Waals surface area contributed by atoms with E-state index in [1.807, 2.05) is 29.4 Å². The van der Waals surface area contributed by atoms with E-state index in [4.69, 9.17) is 0 Å². The van der Waals surface area contributed by atoms with Crippen molar-refractivity contribution in [1.29, 1.82) is 0 Å². The molecular formula is C18H25N5O. The summed E-state index contributed by atoms with van der Waals surface area (Å²) in [5, 5.41) is 10.00. The lowest BCUT2D eigenvalue weighted by Crippen LogP contribution is -2.47. The van der Waals surface area contributed by atoms with Gasteiger partial charge < -0.3 is 10.2 Å². The van der Waals surface area contributed by atoms with E-state index in [0.29, 0.717) is 6.54 Å². The maximum atomic E-state index is 12.8. The summed E-state index contributed by atoms with van der Waals surface area (Å²) in [6.45, 7) is 5.64. The van der Waals surface area contributed by atoms with Gasteiger partial charge in [-0.3, -0.25) is 10.1 Å². The number of nitrogens with zero attached hydrogens (tertiary/aromatic N) is 3. The zero-order valence-corrected chi connectivity index (χ0v) is 14.3. The van der Waals surface area contributed by atoms with Crippen LogP contribution in [0, 0.1) is 0 Å². The van der Waals surface area contributed by atoms with Crippen LogP contribution in [-0.2, 0) is 5.41 Å². The number of H-pyrrole nitrogens is 1. The number of hydrogen-bond donors (Lipinski definition) is 2. The molecule has 3 rings (SSSR count). The molecule has 1 fully saturated rings. The maximum absolute atomic E-state index is 12.8. The minimum Gasteiger partial charge on any atom is -0.337 e. The smallest absolute Gasteiger partial charge is 0.317 e. The molecule has 1 saturated heterocycles. The van der Waals surface area contributed by atoms with Gasteiger partial charge in [-0.2, -0.15) is 5.10 Å². The minimum absolute atomic E-state index is 0.00281. The summed E-state index contributed by atoms with van der Waals surface area (Å²) in [5.41, 5.74) is 2.11. The standard InChI is InChI=1S/C18H25N5O/c1-18(2,15-6-8-19-9-7-15)13-20-17(24)23-10-4-3-5-16(23)14-11-21-22-12-14/h6-9,11-12,16H,3-5,10,13H2,1-2H3,(H,20,24)(H,21,22). The first-order chi connectivity index (χ1) is 11.6. The fourth-order valence-corrected chi connectivity index (χ4v) is 3.27. The predicted octanol–water partition coefficient (Wildman–Crippen LogP) is 3.02. The van der Waals surface area contributed by atoms with Gasteiger partial charge >= 0.3 is 6.03 Å². The lowest BCUT2D eigenvalue weighted by molar-refractivity contribution is 0.150. The Morgan fingerprint density at radius 3 is 2.88 bits per heavy atom. The molecule has 6 nitrogen and oxygen atoms in total. The maximum Gasteiger partial charge on any atom is 0.317 e. The van der Waals surface area contributed by atoms with Crippen LogP contribution in [0.25, 0.3) is 0 Å². The third-order valence-corrected chi connectivity index (χ3v) is 4.81. The summed E-state index contributed by atoms with van der Waals surface area (Å²) >= 11 is 0. The van der Waals surface area contributed by atoms with E-state index in [2.05, 4.69) is 34.3 Å². The highest BCUT2D eigenvalue weighted by atomic mass is 16.2. The summed E-state index contributed by atoms with van der Waals surface area (Å²) in [7, 11) is 0. The fourth-order valence-electron chi connectivity index (χ4n) is 3.27. The van der Waals surface area contributed by atoms with Gasteiger partial charge in [0.2, 0.25) is 0 Å². The SMILES string of the molecule is CC(C)(CNC(=O)N1CCCCC1c1cn[nH]c1)c1ccncc1. The quantitative estimate of drug-likeness (QED) is 0.906. The van der Waals surface area contributed by atoms with Crippen LogP contribution in [0.15, 0.2) is 36.9 Å². The topological polar surface area (TPSA) is 73.9 Å². The molecule has 2 aromatic heterocycles. The first-order valence-corrected chi connectivity index (χ1v) is 8.51. The highest BCUT2D eigenvalue weighted by Gasteiger charge is 2.30. The summed E-state index contributed by atoms with van der Waals surface area (Å²) in [4.78, 5) is 18.8. The zero-order valence-electron chi connectivity index (χ0n) is 14.3. The van der Waals surface area contributed by atoms with Gasteiger partial charge in [0.05, 0.1) is 12.2 Å². The van der Waals surface area contributed by atoms with Gasteiger partial charge in [0.15, 0.2) is 0 Å². The summed E-state index contributed by atoms with van der Waals surface area (Å²) in [6.07, 6.45) is 10.5. The fraction of sp³-hybridized carbons (Fsp3) is 0.500. The summed E-state index contributed by atoms with van der Waals surface area (Å²) < 4.78 is 0. The van der Waals surface area contributed by atoms with Crippen molar-refractivity contribution >= 4 is 6.03 Å². The Hall–Kier alpha value is -2.37. The van der Waals surface area contributed by atoms with Gasteiger partial charge in [-0.05, 0) is 37.0 Å². The van der Waals surface area contributed by atoms with E-state index in [1.165, 1.54) is 5.56 Å². The van der Waals surface area contributed by atoms with E-state index in [-0.39, 0.29) is 17.5 Å². The molecule has 0 saturated carbocycles. The van der Waals surface area contributed by atoms with E-state index in [0.717, 1.165) is 31.4 Å². The molecule has 0 bridgehead atoms. The van der Waals surface area contributed by atoms with Crippen LogP contribution < -0.4 is 5.32 Å². The molecule has 1 aliphatic rings. The van der Waals surface area contributed by atoms with Crippen LogP contribution in [0.4, 0.5) is 4.79 Å². The Morgan fingerprint density at radius 2 is 2.17 bits per heavy atom. The average molecular weight is 327 g/mol. The Kier molecular flexibility index (Phi) is 4.83. The van der Waals surface area contributed by atoms with E-state index in [1.54, 1.807) is 12.4 Å². The van der Waals surface area contributed by atoms with Crippen LogP contribution >= 0.6 is 0 Å². The molecule has 0 aromatic carbocycles. The third kappa shape index (κ3) is 3.58. The highest BCUT2D eigenvalue weighted by molar-refractivity contribution is 5.75. The lowest BCUT2D eigenvalue weighted by atomic mass is 9.85. The van der Waals surface area contributed by atoms with Gasteiger partial charge in [-0.15, -0.1) is 0 Å². The number of nitrogens with one attached hydrogen (secondary N) is 2. The number of pyridine rings is 1. The van der Waals surface area contributed by atoms with Crippen molar-refractivity contribution in [1.82, 2.24) is 25.4 Å². The van der Waals surface area contributed by atoms with Crippen LogP contribution in [0.1, 0.15) is 50.3 Å². The molecule has 0 aliphatic carbocycles. The Morgan fingerprint density at radius 1 is 1.38 bits per heavy atom. The number of hydrogen-bond acceptors (Lipinski definition) is 3. The zero-order chi connectivity index (χ0) is 17.0. The number of amides is 2. The van der Waals surface area contributed by atoms with Crippen molar-refractivity contribution in [3.05, 3.63) is 48.0 Å². The molecule has 0 spiro atoms. The number of piperidine rings is 1. The molecule has 128 valence electrons. The number of likely N-dealkylation sites (tertiary alicyclic amines) is 1. The van der Waals surface area contributed by atoms with Gasteiger partial charge in [0.25, 0.3) is 0 Å². The molecule has 1 aliphatic heterocycles. The van der Waals surface area contributed by atoms with Gasteiger partial charge in [0.1, 0.15) is 0 Å². The number of carbonyl (C=O) groups is 1. The van der Waals surface area contributed by atoms with Crippen LogP contribution in [0.5, 0.6) is 0 Å². The molecule has 1 atom stereocenters. The molecule has 3 heterocycles. The average Bonchev–Trinajstić information content (AvgIpc) is 3.15. The van der Waals surface area contributed by atoms with Crippen molar-refractivity contribution in [2.75, 3.05) is 13.1 Å². The first kappa shape index (κ1) is 16.5. The van der Waals surface area contributed by atoms with Gasteiger partial charge in [-0.25, -0.2) is 4.79 Å².